The van der Waals surface area contributed by atoms with Crippen LogP contribution in [0.25, 0.3) is 0 Å². The number of nitrogens with zero attached hydrogens (tertiary/aromatic N) is 1. The molecule has 0 aromatic heterocycles. The summed E-state index contributed by atoms with van der Waals surface area (Å²) in [5.74, 6) is 0.881. The van der Waals surface area contributed by atoms with Gasteiger partial charge in [-0.2, -0.15) is 0 Å². The first-order valence-corrected chi connectivity index (χ1v) is 8.57. The summed E-state index contributed by atoms with van der Waals surface area (Å²) in [6, 6.07) is 12.3. The van der Waals surface area contributed by atoms with E-state index in [-0.39, 0.29) is 24.4 Å². The molecule has 0 radical (unpaired) electrons. The lowest BCUT2D eigenvalue weighted by Gasteiger charge is -2.30. The average Bonchev–Trinajstić information content (AvgIpc) is 2.58. The van der Waals surface area contributed by atoms with Crippen molar-refractivity contribution in [3.63, 3.8) is 0 Å². The summed E-state index contributed by atoms with van der Waals surface area (Å²) in [4.78, 5) is 14.6. The van der Waals surface area contributed by atoms with Crippen LogP contribution in [0, 0.1) is 0 Å². The van der Waals surface area contributed by atoms with Crippen LogP contribution in [-0.2, 0) is 0 Å². The second-order valence-corrected chi connectivity index (χ2v) is 6.65. The molecule has 3 rings (SSSR count). The smallest absolute Gasteiger partial charge is 0.257 e. The molecule has 0 spiro atoms. The number of ether oxygens (including phenoxy) is 1. The molecule has 7 heteroatoms. The van der Waals surface area contributed by atoms with Gasteiger partial charge in [-0.3, -0.25) is 4.79 Å². The van der Waals surface area contributed by atoms with Crippen LogP contribution in [-0.4, -0.2) is 29.9 Å². The van der Waals surface area contributed by atoms with Crippen LogP contribution in [0.5, 0.6) is 11.5 Å². The van der Waals surface area contributed by atoms with E-state index < -0.39 is 0 Å². The van der Waals surface area contributed by atoms with E-state index in [0.29, 0.717) is 40.2 Å². The third kappa shape index (κ3) is 4.79. The van der Waals surface area contributed by atoms with Gasteiger partial charge in [0, 0.05) is 24.2 Å². The fourth-order valence-electron chi connectivity index (χ4n) is 2.68. The number of hydrogen-bond acceptors (Lipinski definition) is 3. The summed E-state index contributed by atoms with van der Waals surface area (Å²) >= 11 is 12.1. The highest BCUT2D eigenvalue weighted by Crippen LogP contribution is 2.33. The van der Waals surface area contributed by atoms with Gasteiger partial charge in [-0.05, 0) is 43.2 Å². The van der Waals surface area contributed by atoms with Crippen molar-refractivity contribution >= 4 is 41.5 Å². The fraction of sp³-hybridized carbons (Fsp3) is 0.278. The van der Waals surface area contributed by atoms with Crippen molar-refractivity contribution in [2.24, 2.45) is 5.73 Å². The van der Waals surface area contributed by atoms with Crippen LogP contribution in [0.2, 0.25) is 10.0 Å². The van der Waals surface area contributed by atoms with Crippen LogP contribution in [0.1, 0.15) is 23.2 Å². The van der Waals surface area contributed by atoms with Gasteiger partial charge >= 0.3 is 0 Å². The molecule has 4 nitrogen and oxygen atoms in total. The van der Waals surface area contributed by atoms with Crippen molar-refractivity contribution in [1.29, 1.82) is 0 Å². The van der Waals surface area contributed by atoms with Crippen molar-refractivity contribution in [1.82, 2.24) is 4.90 Å². The Morgan fingerprint density at radius 3 is 2.44 bits per heavy atom. The first-order valence-electron chi connectivity index (χ1n) is 7.81. The molecule has 1 amide bonds. The van der Waals surface area contributed by atoms with E-state index in [1.54, 1.807) is 30.3 Å². The molecule has 1 saturated heterocycles. The molecule has 2 aromatic carbocycles. The average molecular weight is 402 g/mol. The number of para-hydroxylation sites is 1. The Labute approximate surface area is 163 Å². The largest absolute Gasteiger partial charge is 0.455 e. The van der Waals surface area contributed by atoms with Gasteiger partial charge in [0.1, 0.15) is 11.5 Å². The summed E-state index contributed by atoms with van der Waals surface area (Å²) in [5.41, 5.74) is 6.42. The van der Waals surface area contributed by atoms with E-state index in [9.17, 15) is 4.79 Å². The number of piperidine rings is 1. The second kappa shape index (κ2) is 8.77. The van der Waals surface area contributed by atoms with Crippen molar-refractivity contribution in [2.75, 3.05) is 13.1 Å². The molecule has 25 heavy (non-hydrogen) atoms. The molecule has 0 aliphatic carbocycles. The number of benzene rings is 2. The first kappa shape index (κ1) is 19.9. The summed E-state index contributed by atoms with van der Waals surface area (Å²) in [5, 5.41) is 0.926. The molecule has 0 saturated carbocycles. The lowest BCUT2D eigenvalue weighted by molar-refractivity contribution is 0.0712. The van der Waals surface area contributed by atoms with E-state index in [4.69, 9.17) is 33.7 Å². The Kier molecular flexibility index (Phi) is 6.96. The lowest BCUT2D eigenvalue weighted by atomic mass is 10.0. The highest BCUT2D eigenvalue weighted by atomic mass is 35.5. The Hall–Kier alpha value is -1.46. The molecule has 2 N–H and O–H groups in total. The maximum absolute atomic E-state index is 12.8. The van der Waals surface area contributed by atoms with Crippen molar-refractivity contribution in [3.05, 3.63) is 58.1 Å². The number of halogens is 3. The van der Waals surface area contributed by atoms with Crippen LogP contribution < -0.4 is 10.5 Å². The monoisotopic (exact) mass is 400 g/mol. The minimum absolute atomic E-state index is 0. The minimum atomic E-state index is -0.0532. The molecule has 0 atom stereocenters. The Morgan fingerprint density at radius 2 is 1.76 bits per heavy atom. The number of rotatable bonds is 3. The van der Waals surface area contributed by atoms with Gasteiger partial charge in [-0.15, -0.1) is 12.4 Å². The number of carbonyl (C=O) groups is 1. The van der Waals surface area contributed by atoms with Crippen molar-refractivity contribution < 1.29 is 9.53 Å². The zero-order chi connectivity index (χ0) is 17.1. The van der Waals surface area contributed by atoms with Crippen LogP contribution in [0.15, 0.2) is 42.5 Å². The maximum Gasteiger partial charge on any atom is 0.257 e. The molecule has 1 aliphatic rings. The van der Waals surface area contributed by atoms with Crippen LogP contribution in [0.4, 0.5) is 0 Å². The SMILES string of the molecule is Cl.NC1CCN(C(=O)c2ccccc2Oc2ccc(Cl)cc2Cl)CC1. The molecular formula is C18H19Cl3N2O2. The van der Waals surface area contributed by atoms with Gasteiger partial charge in [0.15, 0.2) is 0 Å². The standard InChI is InChI=1S/C18H18Cl2N2O2.ClH/c19-12-5-6-17(15(20)11-12)24-16-4-2-1-3-14(16)18(23)22-9-7-13(21)8-10-22;/h1-6,11,13H,7-10,21H2;1H. The molecule has 1 heterocycles. The van der Waals surface area contributed by atoms with E-state index in [2.05, 4.69) is 0 Å². The summed E-state index contributed by atoms with van der Waals surface area (Å²) in [6.07, 6.45) is 1.63. The Morgan fingerprint density at radius 1 is 1.08 bits per heavy atom. The Bertz CT molecular complexity index is 747. The highest BCUT2D eigenvalue weighted by molar-refractivity contribution is 6.35. The zero-order valence-electron chi connectivity index (χ0n) is 13.5. The third-order valence-corrected chi connectivity index (χ3v) is 4.59. The predicted octanol–water partition coefficient (Wildman–Crippen LogP) is 4.77. The summed E-state index contributed by atoms with van der Waals surface area (Å²) < 4.78 is 5.87. The molecule has 134 valence electrons. The second-order valence-electron chi connectivity index (χ2n) is 5.80. The minimum Gasteiger partial charge on any atom is -0.455 e. The van der Waals surface area contributed by atoms with Crippen molar-refractivity contribution in [2.45, 2.75) is 18.9 Å². The molecule has 1 aliphatic heterocycles. The normalized spacial score (nSPS) is 14.8. The molecule has 2 aromatic rings. The third-order valence-electron chi connectivity index (χ3n) is 4.06. The molecule has 0 bridgehead atoms. The number of hydrogen-bond donors (Lipinski definition) is 1. The van der Waals surface area contributed by atoms with Crippen molar-refractivity contribution in [3.8, 4) is 11.5 Å². The molecule has 0 unspecified atom stereocenters. The van der Waals surface area contributed by atoms with Gasteiger partial charge in [0.2, 0.25) is 0 Å². The number of likely N-dealkylation sites (tertiary alicyclic amines) is 1. The van der Waals surface area contributed by atoms with Gasteiger partial charge in [0.25, 0.3) is 5.91 Å². The number of amides is 1. The van der Waals surface area contributed by atoms with Crippen LogP contribution in [0.3, 0.4) is 0 Å². The molecular weight excluding hydrogens is 383 g/mol. The van der Waals surface area contributed by atoms with Gasteiger partial charge < -0.3 is 15.4 Å². The van der Waals surface area contributed by atoms with E-state index in [1.807, 2.05) is 17.0 Å². The quantitative estimate of drug-likeness (QED) is 0.806. The summed E-state index contributed by atoms with van der Waals surface area (Å²) in [6.45, 7) is 1.33. The predicted molar refractivity (Wildman–Crippen MR) is 103 cm³/mol. The highest BCUT2D eigenvalue weighted by Gasteiger charge is 2.24. The van der Waals surface area contributed by atoms with E-state index in [1.165, 1.54) is 0 Å². The van der Waals surface area contributed by atoms with Crippen LogP contribution >= 0.6 is 35.6 Å². The van der Waals surface area contributed by atoms with Gasteiger partial charge in [-0.25, -0.2) is 0 Å². The van der Waals surface area contributed by atoms with Gasteiger partial charge in [-0.1, -0.05) is 35.3 Å². The summed E-state index contributed by atoms with van der Waals surface area (Å²) in [7, 11) is 0. The maximum atomic E-state index is 12.8. The first-order chi connectivity index (χ1) is 11.5. The van der Waals surface area contributed by atoms with E-state index in [0.717, 1.165) is 12.8 Å². The topological polar surface area (TPSA) is 55.6 Å². The number of nitrogens with two attached hydrogens (primary N) is 1. The lowest BCUT2D eigenvalue weighted by Crippen LogP contribution is -2.42. The molecule has 1 fully saturated rings. The van der Waals surface area contributed by atoms with Gasteiger partial charge in [0.05, 0.1) is 10.6 Å². The van der Waals surface area contributed by atoms with E-state index >= 15 is 0 Å². The Balaban J connectivity index is 0.00000225. The zero-order valence-corrected chi connectivity index (χ0v) is 15.8. The number of carbonyl (C=O) groups excluding carboxylic acids is 1. The fourth-order valence-corrected chi connectivity index (χ4v) is 3.13.